The zero-order valence-electron chi connectivity index (χ0n) is 12.9. The molecule has 2 N–H and O–H groups in total. The zero-order valence-corrected chi connectivity index (χ0v) is 13.7. The average Bonchev–Trinajstić information content (AvgIpc) is 2.96. The highest BCUT2D eigenvalue weighted by Crippen LogP contribution is 2.28. The average molecular weight is 372 g/mol. The van der Waals surface area contributed by atoms with E-state index < -0.39 is 17.6 Å². The quantitative estimate of drug-likeness (QED) is 0.737. The minimum Gasteiger partial charge on any atom is -0.384 e. The van der Waals surface area contributed by atoms with Crippen LogP contribution in [0.5, 0.6) is 0 Å². The number of benzene rings is 1. The van der Waals surface area contributed by atoms with Crippen molar-refractivity contribution in [1.82, 2.24) is 19.8 Å². The van der Waals surface area contributed by atoms with Crippen molar-refractivity contribution < 1.29 is 18.3 Å². The normalized spacial score (nSPS) is 14.5. The topological polar surface area (TPSA) is 75.3 Å². The second-order valence-corrected chi connectivity index (χ2v) is 6.08. The van der Waals surface area contributed by atoms with Crippen LogP contribution in [0.4, 0.5) is 19.0 Å². The molecule has 10 heteroatoms. The van der Waals surface area contributed by atoms with Crippen LogP contribution < -0.4 is 5.32 Å². The molecule has 0 bridgehead atoms. The van der Waals surface area contributed by atoms with E-state index >= 15 is 0 Å². The van der Waals surface area contributed by atoms with Gasteiger partial charge in [0.1, 0.15) is 11.4 Å². The summed E-state index contributed by atoms with van der Waals surface area (Å²) in [5.74, 6) is -1.08. The smallest absolute Gasteiger partial charge is 0.384 e. The maximum Gasteiger partial charge on any atom is 0.453 e. The summed E-state index contributed by atoms with van der Waals surface area (Å²) < 4.78 is 39.3. The highest BCUT2D eigenvalue weighted by Gasteiger charge is 2.37. The monoisotopic (exact) mass is 371 g/mol. The van der Waals surface area contributed by atoms with E-state index in [-0.39, 0.29) is 18.0 Å². The highest BCUT2D eigenvalue weighted by molar-refractivity contribution is 6.30. The van der Waals surface area contributed by atoms with Gasteiger partial charge in [-0.2, -0.15) is 17.7 Å². The van der Waals surface area contributed by atoms with Crippen molar-refractivity contribution in [3.8, 4) is 0 Å². The van der Waals surface area contributed by atoms with E-state index in [1.165, 1.54) is 12.1 Å². The molecule has 0 amide bonds. The molecule has 3 aromatic rings. The third-order valence-corrected chi connectivity index (χ3v) is 3.81. The lowest BCUT2D eigenvalue weighted by molar-refractivity contribution is -0.146. The fourth-order valence-electron chi connectivity index (χ4n) is 2.25. The summed E-state index contributed by atoms with van der Waals surface area (Å²) in [4.78, 5) is 0. The Morgan fingerprint density at radius 1 is 1.20 bits per heavy atom. The molecule has 1 aromatic carbocycles. The van der Waals surface area contributed by atoms with Gasteiger partial charge < -0.3 is 10.4 Å². The van der Waals surface area contributed by atoms with Crippen molar-refractivity contribution in [2.75, 3.05) is 11.9 Å². The molecule has 0 saturated carbocycles. The van der Waals surface area contributed by atoms with Crippen molar-refractivity contribution in [2.45, 2.75) is 18.7 Å². The van der Waals surface area contributed by atoms with E-state index in [9.17, 15) is 18.3 Å². The van der Waals surface area contributed by atoms with E-state index in [0.29, 0.717) is 15.1 Å². The Labute approximate surface area is 145 Å². The molecular formula is C15H13ClF3N5O. The van der Waals surface area contributed by atoms with Crippen LogP contribution in [-0.2, 0) is 11.8 Å². The molecule has 25 heavy (non-hydrogen) atoms. The molecule has 0 fully saturated rings. The van der Waals surface area contributed by atoms with Crippen LogP contribution in [0, 0.1) is 0 Å². The molecule has 0 aliphatic carbocycles. The van der Waals surface area contributed by atoms with E-state index in [1.54, 1.807) is 31.2 Å². The van der Waals surface area contributed by atoms with Crippen LogP contribution in [0.2, 0.25) is 5.02 Å². The predicted molar refractivity (Wildman–Crippen MR) is 85.3 cm³/mol. The van der Waals surface area contributed by atoms with Gasteiger partial charge in [-0.05, 0) is 36.8 Å². The van der Waals surface area contributed by atoms with Gasteiger partial charge in [-0.1, -0.05) is 23.7 Å². The van der Waals surface area contributed by atoms with Crippen molar-refractivity contribution in [1.29, 1.82) is 0 Å². The van der Waals surface area contributed by atoms with Gasteiger partial charge in [-0.15, -0.1) is 15.3 Å². The summed E-state index contributed by atoms with van der Waals surface area (Å²) >= 11 is 5.91. The third kappa shape index (κ3) is 3.67. The number of nitrogens with one attached hydrogen (secondary N) is 1. The summed E-state index contributed by atoms with van der Waals surface area (Å²) in [5, 5.41) is 24.2. The number of aromatic nitrogens is 4. The molecule has 0 aliphatic rings. The number of nitrogens with zero attached hydrogens (tertiary/aromatic N) is 4. The van der Waals surface area contributed by atoms with Crippen LogP contribution in [-0.4, -0.2) is 31.5 Å². The molecule has 2 aromatic heterocycles. The summed E-state index contributed by atoms with van der Waals surface area (Å²) in [6.45, 7) is 1.57. The Kier molecular flexibility index (Phi) is 4.29. The molecule has 1 atom stereocenters. The van der Waals surface area contributed by atoms with Gasteiger partial charge in [0, 0.05) is 11.6 Å². The van der Waals surface area contributed by atoms with Gasteiger partial charge >= 0.3 is 6.18 Å². The van der Waals surface area contributed by atoms with Crippen LogP contribution in [0.15, 0.2) is 36.4 Å². The summed E-state index contributed by atoms with van der Waals surface area (Å²) in [7, 11) is 0. The molecule has 0 radical (unpaired) electrons. The van der Waals surface area contributed by atoms with Crippen molar-refractivity contribution in [3.05, 3.63) is 52.8 Å². The fraction of sp³-hybridized carbons (Fsp3) is 0.267. The molecular weight excluding hydrogens is 359 g/mol. The number of anilines is 1. The van der Waals surface area contributed by atoms with E-state index in [4.69, 9.17) is 11.6 Å². The molecule has 3 rings (SSSR count). The van der Waals surface area contributed by atoms with Crippen molar-refractivity contribution >= 4 is 23.1 Å². The molecule has 0 spiro atoms. The fourth-order valence-corrected chi connectivity index (χ4v) is 2.44. The first-order valence-corrected chi connectivity index (χ1v) is 7.56. The number of fused-ring (bicyclic) bond motifs is 1. The second kappa shape index (κ2) is 6.16. The second-order valence-electron chi connectivity index (χ2n) is 5.65. The van der Waals surface area contributed by atoms with E-state index in [2.05, 4.69) is 20.6 Å². The Morgan fingerprint density at radius 2 is 1.96 bits per heavy atom. The van der Waals surface area contributed by atoms with Gasteiger partial charge in [0.2, 0.25) is 0 Å². The Hall–Kier alpha value is -2.39. The van der Waals surface area contributed by atoms with E-state index in [0.717, 1.165) is 0 Å². The minimum absolute atomic E-state index is 0.00925. The Balaban J connectivity index is 1.83. The lowest BCUT2D eigenvalue weighted by atomic mass is 9.96. The van der Waals surface area contributed by atoms with Gasteiger partial charge in [-0.25, -0.2) is 0 Å². The predicted octanol–water partition coefficient (Wildman–Crippen LogP) is 3.12. The zero-order chi connectivity index (χ0) is 18.2. The first-order valence-electron chi connectivity index (χ1n) is 7.19. The largest absolute Gasteiger partial charge is 0.453 e. The van der Waals surface area contributed by atoms with Gasteiger partial charge in [0.25, 0.3) is 5.82 Å². The van der Waals surface area contributed by atoms with Crippen LogP contribution in [0.1, 0.15) is 18.3 Å². The maximum absolute atomic E-state index is 12.9. The highest BCUT2D eigenvalue weighted by atomic mass is 35.5. The molecule has 0 saturated heterocycles. The summed E-state index contributed by atoms with van der Waals surface area (Å²) in [5.41, 5.74) is -0.768. The minimum atomic E-state index is -4.67. The lowest BCUT2D eigenvalue weighted by Crippen LogP contribution is -2.31. The van der Waals surface area contributed by atoms with Gasteiger partial charge in [0.05, 0.1) is 0 Å². The summed E-state index contributed by atoms with van der Waals surface area (Å²) in [6.07, 6.45) is -4.67. The lowest BCUT2D eigenvalue weighted by Gasteiger charge is -2.24. The van der Waals surface area contributed by atoms with Crippen LogP contribution in [0.25, 0.3) is 5.65 Å². The number of alkyl halides is 3. The Bertz CT molecular complexity index is 910. The van der Waals surface area contributed by atoms with Crippen LogP contribution in [0.3, 0.4) is 0 Å². The first-order chi connectivity index (χ1) is 11.7. The number of rotatable bonds is 4. The number of halogens is 4. The molecule has 2 heterocycles. The Morgan fingerprint density at radius 3 is 2.64 bits per heavy atom. The maximum atomic E-state index is 12.9. The van der Waals surface area contributed by atoms with Gasteiger partial charge in [-0.3, -0.25) is 0 Å². The van der Waals surface area contributed by atoms with Crippen molar-refractivity contribution in [3.63, 3.8) is 0 Å². The first kappa shape index (κ1) is 17.4. The van der Waals surface area contributed by atoms with Crippen LogP contribution >= 0.6 is 11.6 Å². The molecule has 0 aliphatic heterocycles. The molecule has 6 nitrogen and oxygen atoms in total. The summed E-state index contributed by atoms with van der Waals surface area (Å²) in [6, 6.07) is 9.50. The third-order valence-electron chi connectivity index (χ3n) is 3.58. The SMILES string of the molecule is CC(O)(CNc1ccc2nnc(C(F)(F)F)n2n1)c1cccc(Cl)c1. The van der Waals surface area contributed by atoms with E-state index in [1.807, 2.05) is 0 Å². The number of aliphatic hydroxyl groups is 1. The molecule has 132 valence electrons. The van der Waals surface area contributed by atoms with Crippen molar-refractivity contribution in [2.24, 2.45) is 0 Å². The standard InChI is InChI=1S/C15H13ClF3N5O/c1-14(25,9-3-2-4-10(16)7-9)8-20-11-5-6-12-21-22-13(15(17,18)19)24(12)23-11/h2-7,25H,8H2,1H3,(H,20,23). The number of hydrogen-bond donors (Lipinski definition) is 2. The number of hydrogen-bond acceptors (Lipinski definition) is 5. The van der Waals surface area contributed by atoms with Gasteiger partial charge in [0.15, 0.2) is 5.65 Å². The molecule has 1 unspecified atom stereocenters.